The molecule has 1 aromatic rings. The fourth-order valence-corrected chi connectivity index (χ4v) is 2.66. The molecule has 8 heteroatoms. The number of carbonyl (C=O) groups excluding carboxylic acids is 2. The molecule has 0 radical (unpaired) electrons. The van der Waals surface area contributed by atoms with Crippen LogP contribution in [0.4, 0.5) is 0 Å². The summed E-state index contributed by atoms with van der Waals surface area (Å²) in [4.78, 5) is 41.9. The predicted molar refractivity (Wildman–Crippen MR) is 102 cm³/mol. The highest BCUT2D eigenvalue weighted by Gasteiger charge is 2.30. The van der Waals surface area contributed by atoms with E-state index < -0.39 is 24.0 Å². The van der Waals surface area contributed by atoms with E-state index in [2.05, 4.69) is 10.3 Å². The minimum absolute atomic E-state index is 0.0422. The van der Waals surface area contributed by atoms with Crippen LogP contribution in [0.1, 0.15) is 52.1 Å². The molecule has 0 bridgehead atoms. The predicted octanol–water partition coefficient (Wildman–Crippen LogP) is 1.51. The van der Waals surface area contributed by atoms with Crippen LogP contribution in [0, 0.1) is 12.3 Å². The van der Waals surface area contributed by atoms with Gasteiger partial charge in [-0.25, -0.2) is 9.78 Å². The lowest BCUT2D eigenvalue weighted by molar-refractivity contribution is -0.144. The molecule has 0 aliphatic carbocycles. The van der Waals surface area contributed by atoms with E-state index in [0.29, 0.717) is 18.5 Å². The number of amides is 2. The zero-order valence-electron chi connectivity index (χ0n) is 17.4. The van der Waals surface area contributed by atoms with Crippen molar-refractivity contribution in [2.45, 2.75) is 66.0 Å². The van der Waals surface area contributed by atoms with Crippen LogP contribution in [0.2, 0.25) is 0 Å². The number of carboxylic acids is 1. The van der Waals surface area contributed by atoms with E-state index in [4.69, 9.17) is 0 Å². The number of carbonyl (C=O) groups is 3. The van der Waals surface area contributed by atoms with E-state index in [1.807, 2.05) is 39.3 Å². The lowest BCUT2D eigenvalue weighted by Crippen LogP contribution is -2.52. The molecule has 2 atom stereocenters. The smallest absolute Gasteiger partial charge is 0.326 e. The largest absolute Gasteiger partial charge is 0.480 e. The van der Waals surface area contributed by atoms with Crippen molar-refractivity contribution in [3.8, 4) is 0 Å². The minimum Gasteiger partial charge on any atom is -0.480 e. The quantitative estimate of drug-likeness (QED) is 0.711. The number of aryl methyl sites for hydroxylation is 2. The van der Waals surface area contributed by atoms with E-state index in [0.717, 1.165) is 5.82 Å². The Kier molecular flexibility index (Phi) is 7.56. The Morgan fingerprint density at radius 2 is 1.93 bits per heavy atom. The van der Waals surface area contributed by atoms with Gasteiger partial charge in [-0.1, -0.05) is 20.8 Å². The van der Waals surface area contributed by atoms with Gasteiger partial charge in [-0.05, 0) is 25.2 Å². The van der Waals surface area contributed by atoms with Gasteiger partial charge < -0.3 is 19.9 Å². The molecule has 152 valence electrons. The van der Waals surface area contributed by atoms with Gasteiger partial charge in [0.2, 0.25) is 11.8 Å². The summed E-state index contributed by atoms with van der Waals surface area (Å²) in [6.07, 6.45) is 2.99. The minimum atomic E-state index is -1.08. The maximum Gasteiger partial charge on any atom is 0.326 e. The van der Waals surface area contributed by atoms with Crippen molar-refractivity contribution >= 4 is 17.8 Å². The fourth-order valence-electron chi connectivity index (χ4n) is 2.66. The van der Waals surface area contributed by atoms with Crippen molar-refractivity contribution in [1.29, 1.82) is 0 Å². The highest BCUT2D eigenvalue weighted by atomic mass is 16.4. The molecular formula is C19H32N4O4. The molecule has 0 aromatic carbocycles. The highest BCUT2D eigenvalue weighted by Crippen LogP contribution is 2.22. The number of nitrogens with zero attached hydrogens (tertiary/aromatic N) is 3. The molecule has 1 aromatic heterocycles. The standard InChI is InChI=1S/C19H32N4O4/c1-12-20-14(11-22(12)6)10-16(23(7)13(2)24)17(25)21-15(18(26)27)8-9-19(3,4)5/h11,15-16H,8-10H2,1-7H3,(H,21,25)(H,26,27)/t15-,16-/m0/s1. The normalized spacial score (nSPS) is 13.7. The third-order valence-corrected chi connectivity index (χ3v) is 4.63. The first kappa shape index (κ1) is 22.7. The number of nitrogens with one attached hydrogen (secondary N) is 1. The summed E-state index contributed by atoms with van der Waals surface area (Å²) in [5, 5.41) is 12.1. The first-order chi connectivity index (χ1) is 12.3. The Labute approximate surface area is 160 Å². The molecule has 0 fully saturated rings. The van der Waals surface area contributed by atoms with Crippen molar-refractivity contribution in [2.75, 3.05) is 7.05 Å². The molecule has 1 heterocycles. The zero-order chi connectivity index (χ0) is 20.9. The van der Waals surface area contributed by atoms with Gasteiger partial charge in [-0.2, -0.15) is 0 Å². The zero-order valence-corrected chi connectivity index (χ0v) is 17.4. The molecule has 27 heavy (non-hydrogen) atoms. The Morgan fingerprint density at radius 1 is 1.33 bits per heavy atom. The van der Waals surface area contributed by atoms with Gasteiger partial charge in [0.05, 0.1) is 5.69 Å². The van der Waals surface area contributed by atoms with Gasteiger partial charge >= 0.3 is 5.97 Å². The summed E-state index contributed by atoms with van der Waals surface area (Å²) < 4.78 is 1.83. The lowest BCUT2D eigenvalue weighted by atomic mass is 9.88. The Bertz CT molecular complexity index is 671. The van der Waals surface area contributed by atoms with Crippen LogP contribution in [0.25, 0.3) is 0 Å². The molecule has 0 aliphatic heterocycles. The first-order valence-corrected chi connectivity index (χ1v) is 9.07. The molecule has 0 saturated heterocycles. The molecule has 0 spiro atoms. The van der Waals surface area contributed by atoms with Crippen LogP contribution in [-0.4, -0.2) is 56.5 Å². The van der Waals surface area contributed by atoms with Crippen molar-refractivity contribution in [2.24, 2.45) is 12.5 Å². The maximum absolute atomic E-state index is 12.8. The monoisotopic (exact) mass is 380 g/mol. The maximum atomic E-state index is 12.8. The Hall–Kier alpha value is -2.38. The second-order valence-corrected chi connectivity index (χ2v) is 8.24. The summed E-state index contributed by atoms with van der Waals surface area (Å²) in [6.45, 7) is 9.27. The summed E-state index contributed by atoms with van der Waals surface area (Å²) >= 11 is 0. The number of aliphatic carboxylic acids is 1. The molecule has 1 rings (SSSR count). The average Bonchev–Trinajstić information content (AvgIpc) is 2.84. The number of hydrogen-bond acceptors (Lipinski definition) is 4. The number of rotatable bonds is 8. The third kappa shape index (κ3) is 7.03. The number of imidazole rings is 1. The van der Waals surface area contributed by atoms with Crippen molar-refractivity contribution in [1.82, 2.24) is 19.8 Å². The second-order valence-electron chi connectivity index (χ2n) is 8.24. The second kappa shape index (κ2) is 9.01. The van der Waals surface area contributed by atoms with E-state index in [1.54, 1.807) is 6.20 Å². The SMILES string of the molecule is CC(=O)N(C)[C@@H](Cc1cn(C)c(C)n1)C(=O)N[C@@H](CCC(C)(C)C)C(=O)O. The number of carboxylic acid groups (broad SMARTS) is 1. The van der Waals surface area contributed by atoms with Crippen LogP contribution >= 0.6 is 0 Å². The van der Waals surface area contributed by atoms with Crippen LogP contribution in [0.5, 0.6) is 0 Å². The summed E-state index contributed by atoms with van der Waals surface area (Å²) in [5.74, 6) is -1.05. The lowest BCUT2D eigenvalue weighted by Gasteiger charge is -2.28. The molecule has 0 saturated carbocycles. The summed E-state index contributed by atoms with van der Waals surface area (Å²) in [6, 6.07) is -1.82. The molecule has 8 nitrogen and oxygen atoms in total. The molecule has 2 N–H and O–H groups in total. The van der Waals surface area contributed by atoms with Crippen LogP contribution < -0.4 is 5.32 Å². The van der Waals surface area contributed by atoms with E-state index in [-0.39, 0.29) is 17.7 Å². The van der Waals surface area contributed by atoms with E-state index >= 15 is 0 Å². The Morgan fingerprint density at radius 3 is 2.33 bits per heavy atom. The van der Waals surface area contributed by atoms with Gasteiger partial charge in [-0.15, -0.1) is 0 Å². The molecule has 2 amide bonds. The molecule has 0 aliphatic rings. The number of hydrogen-bond donors (Lipinski definition) is 2. The van der Waals surface area contributed by atoms with Crippen molar-refractivity contribution in [3.05, 3.63) is 17.7 Å². The van der Waals surface area contributed by atoms with Gasteiger partial charge in [0.25, 0.3) is 0 Å². The fraction of sp³-hybridized carbons (Fsp3) is 0.684. The number of aromatic nitrogens is 2. The average molecular weight is 380 g/mol. The van der Waals surface area contributed by atoms with Gasteiger partial charge in [0.15, 0.2) is 0 Å². The van der Waals surface area contributed by atoms with Gasteiger partial charge in [-0.3, -0.25) is 9.59 Å². The van der Waals surface area contributed by atoms with Gasteiger partial charge in [0, 0.05) is 33.6 Å². The highest BCUT2D eigenvalue weighted by molar-refractivity contribution is 5.90. The summed E-state index contributed by atoms with van der Waals surface area (Å²) in [7, 11) is 3.38. The van der Waals surface area contributed by atoms with Crippen molar-refractivity contribution in [3.63, 3.8) is 0 Å². The van der Waals surface area contributed by atoms with E-state index in [9.17, 15) is 19.5 Å². The number of likely N-dealkylation sites (N-methyl/N-ethyl adjacent to an activating group) is 1. The van der Waals surface area contributed by atoms with Gasteiger partial charge in [0.1, 0.15) is 17.9 Å². The molecule has 0 unspecified atom stereocenters. The topological polar surface area (TPSA) is 105 Å². The molecular weight excluding hydrogens is 348 g/mol. The van der Waals surface area contributed by atoms with E-state index in [1.165, 1.54) is 18.9 Å². The Balaban J connectivity index is 2.96. The van der Waals surface area contributed by atoms with Crippen LogP contribution in [0.3, 0.4) is 0 Å². The van der Waals surface area contributed by atoms with Crippen molar-refractivity contribution < 1.29 is 19.5 Å². The van der Waals surface area contributed by atoms with Crippen LogP contribution in [0.15, 0.2) is 6.20 Å². The third-order valence-electron chi connectivity index (χ3n) is 4.63. The summed E-state index contributed by atoms with van der Waals surface area (Å²) in [5.41, 5.74) is 0.629. The first-order valence-electron chi connectivity index (χ1n) is 9.07. The van der Waals surface area contributed by atoms with Crippen LogP contribution in [-0.2, 0) is 27.9 Å².